The molecule has 0 amide bonds. The number of carbonyl (C=O) groups is 3. The zero-order valence-corrected chi connectivity index (χ0v) is 43.8. The number of carbonyl (C=O) groups excluding carboxylic acids is 3. The van der Waals surface area contributed by atoms with Crippen molar-refractivity contribution in [3.8, 4) is 0 Å². The Bertz CT molecular complexity index is 1450. The molecule has 0 N–H and O–H groups in total. The third-order valence-corrected chi connectivity index (χ3v) is 11.2. The molecule has 6 heteroatoms. The fourth-order valence-electron chi connectivity index (χ4n) is 7.07. The number of unbranched alkanes of at least 4 members (excludes halogenated alkanes) is 17. The third-order valence-electron chi connectivity index (χ3n) is 11.2. The van der Waals surface area contributed by atoms with E-state index in [1.807, 2.05) is 12.2 Å². The number of esters is 3. The van der Waals surface area contributed by atoms with Crippen LogP contribution in [0.1, 0.15) is 233 Å². The fraction of sp³-hybridized carbons (Fsp3) is 0.629. The van der Waals surface area contributed by atoms with Crippen LogP contribution < -0.4 is 0 Å². The van der Waals surface area contributed by atoms with E-state index in [-0.39, 0.29) is 50.4 Å². The third kappa shape index (κ3) is 52.8. The highest BCUT2D eigenvalue weighted by molar-refractivity contribution is 5.71. The number of ether oxygens (including phenoxy) is 3. The molecule has 0 fully saturated rings. The topological polar surface area (TPSA) is 78.9 Å². The smallest absolute Gasteiger partial charge is 0.306 e. The van der Waals surface area contributed by atoms with Crippen LogP contribution in [0.3, 0.4) is 0 Å². The van der Waals surface area contributed by atoms with E-state index in [4.69, 9.17) is 14.2 Å². The average molecular weight is 941 g/mol. The zero-order valence-electron chi connectivity index (χ0n) is 43.8. The Morgan fingerprint density at radius 2 is 0.618 bits per heavy atom. The van der Waals surface area contributed by atoms with Crippen LogP contribution >= 0.6 is 0 Å². The van der Waals surface area contributed by atoms with Gasteiger partial charge in [0.1, 0.15) is 13.2 Å². The van der Waals surface area contributed by atoms with Gasteiger partial charge in [-0.15, -0.1) is 0 Å². The number of hydrogen-bond donors (Lipinski definition) is 0. The van der Waals surface area contributed by atoms with Crippen LogP contribution in [0.15, 0.2) is 122 Å². The van der Waals surface area contributed by atoms with Gasteiger partial charge in [0.2, 0.25) is 0 Å². The van der Waals surface area contributed by atoms with Gasteiger partial charge in [0.15, 0.2) is 6.10 Å². The van der Waals surface area contributed by atoms with Crippen LogP contribution in [0.2, 0.25) is 0 Å². The first-order valence-corrected chi connectivity index (χ1v) is 27.5. The lowest BCUT2D eigenvalue weighted by molar-refractivity contribution is -0.166. The Hall–Kier alpha value is -4.19. The molecule has 0 aromatic heterocycles. The molecule has 0 radical (unpaired) electrons. The predicted octanol–water partition coefficient (Wildman–Crippen LogP) is 18.5. The predicted molar refractivity (Wildman–Crippen MR) is 293 cm³/mol. The Morgan fingerprint density at radius 3 is 1.06 bits per heavy atom. The highest BCUT2D eigenvalue weighted by Gasteiger charge is 2.19. The number of rotatable bonds is 48. The highest BCUT2D eigenvalue weighted by Crippen LogP contribution is 2.13. The van der Waals surface area contributed by atoms with Crippen LogP contribution in [0.4, 0.5) is 0 Å². The van der Waals surface area contributed by atoms with E-state index in [0.29, 0.717) is 12.8 Å². The first kappa shape index (κ1) is 63.8. The van der Waals surface area contributed by atoms with Crippen LogP contribution in [-0.2, 0) is 28.6 Å². The lowest BCUT2D eigenvalue weighted by Crippen LogP contribution is -2.30. The molecule has 0 heterocycles. The van der Waals surface area contributed by atoms with Gasteiger partial charge in [-0.3, -0.25) is 14.4 Å². The van der Waals surface area contributed by atoms with Gasteiger partial charge < -0.3 is 14.2 Å². The second kappa shape index (κ2) is 55.4. The SMILES string of the molecule is CC/C=C\C/C=C\C/C=C\C/C=C\C/C=C\CCC(=O)OCC(COC(=O)CCC/C=C\C/C=C\C/C=C\CCCCCCCC)OC(=O)CCCCCCCCC/C=C\C/C=C\CCCCC. The molecule has 0 aliphatic heterocycles. The van der Waals surface area contributed by atoms with E-state index in [0.717, 1.165) is 89.9 Å². The van der Waals surface area contributed by atoms with Crippen LogP contribution in [0.5, 0.6) is 0 Å². The Morgan fingerprint density at radius 1 is 0.309 bits per heavy atom. The molecule has 6 nitrogen and oxygen atoms in total. The van der Waals surface area contributed by atoms with Gasteiger partial charge in [-0.05, 0) is 116 Å². The van der Waals surface area contributed by atoms with Gasteiger partial charge in [0.25, 0.3) is 0 Å². The second-order valence-corrected chi connectivity index (χ2v) is 17.7. The Kier molecular flexibility index (Phi) is 52.0. The molecule has 0 saturated carbocycles. The molecule has 0 aromatic carbocycles. The molecule has 384 valence electrons. The first-order chi connectivity index (χ1) is 33.5. The van der Waals surface area contributed by atoms with Crippen molar-refractivity contribution in [1.82, 2.24) is 0 Å². The quantitative estimate of drug-likeness (QED) is 0.0262. The molecule has 0 aromatic rings. The lowest BCUT2D eigenvalue weighted by atomic mass is 10.1. The summed E-state index contributed by atoms with van der Waals surface area (Å²) in [5, 5.41) is 0. The summed E-state index contributed by atoms with van der Waals surface area (Å²) in [5.74, 6) is -1.08. The maximum Gasteiger partial charge on any atom is 0.306 e. The minimum absolute atomic E-state index is 0.133. The van der Waals surface area contributed by atoms with Crippen molar-refractivity contribution in [1.29, 1.82) is 0 Å². The molecule has 1 atom stereocenters. The molecule has 0 aliphatic carbocycles. The van der Waals surface area contributed by atoms with E-state index < -0.39 is 6.10 Å². The van der Waals surface area contributed by atoms with E-state index in [1.165, 1.54) is 89.9 Å². The van der Waals surface area contributed by atoms with E-state index in [2.05, 4.69) is 130 Å². The van der Waals surface area contributed by atoms with Crippen molar-refractivity contribution >= 4 is 17.9 Å². The minimum atomic E-state index is -0.836. The summed E-state index contributed by atoms with van der Waals surface area (Å²) < 4.78 is 16.7. The first-order valence-electron chi connectivity index (χ1n) is 27.5. The van der Waals surface area contributed by atoms with Crippen molar-refractivity contribution in [2.75, 3.05) is 13.2 Å². The molecule has 0 aliphatic rings. The van der Waals surface area contributed by atoms with E-state index >= 15 is 0 Å². The molecule has 68 heavy (non-hydrogen) atoms. The largest absolute Gasteiger partial charge is 0.462 e. The van der Waals surface area contributed by atoms with Crippen molar-refractivity contribution in [3.05, 3.63) is 122 Å². The van der Waals surface area contributed by atoms with Gasteiger partial charge in [0.05, 0.1) is 0 Å². The summed E-state index contributed by atoms with van der Waals surface area (Å²) >= 11 is 0. The Labute approximate surface area is 418 Å². The average Bonchev–Trinajstić information content (AvgIpc) is 3.34. The van der Waals surface area contributed by atoms with E-state index in [9.17, 15) is 14.4 Å². The molecule has 1 unspecified atom stereocenters. The summed E-state index contributed by atoms with van der Waals surface area (Å²) in [7, 11) is 0. The maximum absolute atomic E-state index is 12.8. The standard InChI is InChI=1S/C62H100O6/c1-4-7-10-13-16-19-22-25-28-31-34-37-40-43-46-49-52-55-61(64)67-58-59(57-66-60(63)54-51-48-45-42-39-36-33-30-27-24-21-18-15-12-9-6-3)68-62(65)56-53-50-47-44-41-38-35-32-29-26-23-20-17-14-11-8-5-2/h9,12,17-18,20-21,25-30,34,36-37,39,43,45-46,48,59H,4-8,10-11,13-16,19,22-24,31-33,35,38,40-42,44,47,49-58H2,1-3H3/b12-9-,20-17-,21-18-,28-25-,29-26-,30-27-,37-34-,39-36-,46-43-,48-45-. The summed E-state index contributed by atoms with van der Waals surface area (Å²) in [6.45, 7) is 6.37. The second-order valence-electron chi connectivity index (χ2n) is 17.7. The molecular weight excluding hydrogens is 841 g/mol. The summed E-state index contributed by atoms with van der Waals surface area (Å²) in [4.78, 5) is 38.0. The van der Waals surface area contributed by atoms with Gasteiger partial charge in [0, 0.05) is 19.3 Å². The number of allylic oxidation sites excluding steroid dienone is 20. The van der Waals surface area contributed by atoms with Crippen molar-refractivity contribution in [2.45, 2.75) is 239 Å². The summed E-state index contributed by atoms with van der Waals surface area (Å²) in [6.07, 6.45) is 76.3. The number of hydrogen-bond acceptors (Lipinski definition) is 6. The molecule has 0 rings (SSSR count). The maximum atomic E-state index is 12.8. The van der Waals surface area contributed by atoms with Crippen molar-refractivity contribution in [2.24, 2.45) is 0 Å². The van der Waals surface area contributed by atoms with Crippen molar-refractivity contribution in [3.63, 3.8) is 0 Å². The molecule has 0 bridgehead atoms. The lowest BCUT2D eigenvalue weighted by Gasteiger charge is -2.18. The van der Waals surface area contributed by atoms with Crippen LogP contribution in [0, 0.1) is 0 Å². The normalized spacial score (nSPS) is 13.0. The van der Waals surface area contributed by atoms with Gasteiger partial charge in [-0.1, -0.05) is 219 Å². The summed E-state index contributed by atoms with van der Waals surface area (Å²) in [6, 6.07) is 0. The molecule has 0 saturated heterocycles. The monoisotopic (exact) mass is 941 g/mol. The van der Waals surface area contributed by atoms with E-state index in [1.54, 1.807) is 0 Å². The molecule has 0 spiro atoms. The molecular formula is C62H100O6. The van der Waals surface area contributed by atoms with Crippen LogP contribution in [0.25, 0.3) is 0 Å². The summed E-state index contributed by atoms with van der Waals surface area (Å²) in [5.41, 5.74) is 0. The van der Waals surface area contributed by atoms with Crippen molar-refractivity contribution < 1.29 is 28.6 Å². The minimum Gasteiger partial charge on any atom is -0.462 e. The Balaban J connectivity index is 4.59. The van der Waals surface area contributed by atoms with Gasteiger partial charge in [-0.25, -0.2) is 0 Å². The highest BCUT2D eigenvalue weighted by atomic mass is 16.6. The van der Waals surface area contributed by atoms with Gasteiger partial charge in [-0.2, -0.15) is 0 Å². The fourth-order valence-corrected chi connectivity index (χ4v) is 7.07. The van der Waals surface area contributed by atoms with Gasteiger partial charge >= 0.3 is 17.9 Å². The van der Waals surface area contributed by atoms with Crippen LogP contribution in [-0.4, -0.2) is 37.2 Å². The zero-order chi connectivity index (χ0) is 49.3.